The van der Waals surface area contributed by atoms with Crippen LogP contribution < -0.4 is 10.5 Å². The summed E-state index contributed by atoms with van der Waals surface area (Å²) in [7, 11) is 0. The quantitative estimate of drug-likeness (QED) is 0.798. The number of benzene rings is 2. The number of primary amides is 1. The number of ether oxygens (including phenoxy) is 1. The molecule has 0 fully saturated rings. The second-order valence-corrected chi connectivity index (χ2v) is 4.75. The molecule has 2 aromatic carbocycles. The van der Waals surface area contributed by atoms with Gasteiger partial charge in [0.2, 0.25) is 5.88 Å². The molecule has 4 heteroatoms. The standard InChI is InChI=1S/C17H14N2O2/c1-11-9-10-19-17(15(11)16(18)20)21-14-8-4-6-12-5-2-3-7-13(12)14/h2-10H,1H3,(H2,18,20). The molecule has 2 N–H and O–H groups in total. The SMILES string of the molecule is Cc1ccnc(Oc2cccc3ccccc23)c1C(N)=O. The van der Waals surface area contributed by atoms with Gasteiger partial charge in [-0.05, 0) is 30.0 Å². The number of nitrogens with zero attached hydrogens (tertiary/aromatic N) is 1. The number of aromatic nitrogens is 1. The van der Waals surface area contributed by atoms with Crippen LogP contribution in [0.25, 0.3) is 10.8 Å². The molecule has 4 nitrogen and oxygen atoms in total. The molecule has 0 aliphatic rings. The van der Waals surface area contributed by atoms with Gasteiger partial charge >= 0.3 is 0 Å². The Labute approximate surface area is 122 Å². The number of fused-ring (bicyclic) bond motifs is 1. The molecule has 0 saturated heterocycles. The molecule has 3 rings (SSSR count). The van der Waals surface area contributed by atoms with Gasteiger partial charge in [0.25, 0.3) is 5.91 Å². The molecule has 104 valence electrons. The van der Waals surface area contributed by atoms with Crippen molar-refractivity contribution in [1.29, 1.82) is 0 Å². The summed E-state index contributed by atoms with van der Waals surface area (Å²) in [5, 5.41) is 2.02. The number of hydrogen-bond donors (Lipinski definition) is 1. The van der Waals surface area contributed by atoms with E-state index in [9.17, 15) is 4.79 Å². The lowest BCUT2D eigenvalue weighted by Crippen LogP contribution is -2.14. The fraction of sp³-hybridized carbons (Fsp3) is 0.0588. The van der Waals surface area contributed by atoms with E-state index in [2.05, 4.69) is 4.98 Å². The Balaban J connectivity index is 2.12. The van der Waals surface area contributed by atoms with Crippen molar-refractivity contribution >= 4 is 16.7 Å². The highest BCUT2D eigenvalue weighted by atomic mass is 16.5. The second kappa shape index (κ2) is 5.25. The van der Waals surface area contributed by atoms with E-state index >= 15 is 0 Å². The Morgan fingerprint density at radius 3 is 2.67 bits per heavy atom. The second-order valence-electron chi connectivity index (χ2n) is 4.75. The molecule has 0 unspecified atom stereocenters. The van der Waals surface area contributed by atoms with Crippen molar-refractivity contribution in [3.63, 3.8) is 0 Å². The topological polar surface area (TPSA) is 65.2 Å². The van der Waals surface area contributed by atoms with Crippen LogP contribution in [0.4, 0.5) is 0 Å². The van der Waals surface area contributed by atoms with Crippen molar-refractivity contribution in [1.82, 2.24) is 4.98 Å². The molecule has 21 heavy (non-hydrogen) atoms. The molecular weight excluding hydrogens is 264 g/mol. The van der Waals surface area contributed by atoms with Crippen molar-refractivity contribution in [2.24, 2.45) is 5.73 Å². The van der Waals surface area contributed by atoms with Gasteiger partial charge in [0.05, 0.1) is 0 Å². The zero-order valence-corrected chi connectivity index (χ0v) is 11.5. The molecule has 0 saturated carbocycles. The van der Waals surface area contributed by atoms with Crippen LogP contribution in [0.2, 0.25) is 0 Å². The zero-order valence-electron chi connectivity index (χ0n) is 11.5. The van der Waals surface area contributed by atoms with Crippen LogP contribution in [0.15, 0.2) is 54.7 Å². The van der Waals surface area contributed by atoms with Gasteiger partial charge in [-0.15, -0.1) is 0 Å². The first kappa shape index (κ1) is 13.1. The predicted octanol–water partition coefficient (Wildman–Crippen LogP) is 3.43. The van der Waals surface area contributed by atoms with Crippen LogP contribution in [0, 0.1) is 6.92 Å². The van der Waals surface area contributed by atoms with Gasteiger partial charge in [-0.3, -0.25) is 4.79 Å². The molecule has 0 bridgehead atoms. The van der Waals surface area contributed by atoms with E-state index in [0.717, 1.165) is 16.3 Å². The monoisotopic (exact) mass is 278 g/mol. The predicted molar refractivity (Wildman–Crippen MR) is 81.5 cm³/mol. The maximum Gasteiger partial charge on any atom is 0.254 e. The Morgan fingerprint density at radius 2 is 1.86 bits per heavy atom. The van der Waals surface area contributed by atoms with Gasteiger partial charge in [0.1, 0.15) is 11.3 Å². The first-order valence-corrected chi connectivity index (χ1v) is 6.58. The molecule has 0 spiro atoms. The van der Waals surface area contributed by atoms with Crippen molar-refractivity contribution in [2.75, 3.05) is 0 Å². The van der Waals surface area contributed by atoms with Gasteiger partial charge in [0, 0.05) is 11.6 Å². The molecule has 0 aliphatic carbocycles. The molecule has 1 amide bonds. The van der Waals surface area contributed by atoms with Crippen molar-refractivity contribution < 1.29 is 9.53 Å². The fourth-order valence-corrected chi connectivity index (χ4v) is 2.30. The summed E-state index contributed by atoms with van der Waals surface area (Å²) in [6.07, 6.45) is 1.60. The summed E-state index contributed by atoms with van der Waals surface area (Å²) in [4.78, 5) is 15.7. The molecule has 0 aliphatic heterocycles. The van der Waals surface area contributed by atoms with Crippen LogP contribution in [-0.4, -0.2) is 10.9 Å². The van der Waals surface area contributed by atoms with E-state index in [-0.39, 0.29) is 5.88 Å². The van der Waals surface area contributed by atoms with E-state index in [4.69, 9.17) is 10.5 Å². The smallest absolute Gasteiger partial charge is 0.254 e. The Kier molecular flexibility index (Phi) is 3.28. The highest BCUT2D eigenvalue weighted by Crippen LogP contribution is 2.31. The van der Waals surface area contributed by atoms with Gasteiger partial charge in [0.15, 0.2) is 0 Å². The van der Waals surface area contributed by atoms with Crippen LogP contribution in [0.3, 0.4) is 0 Å². The Bertz CT molecular complexity index is 823. The fourth-order valence-electron chi connectivity index (χ4n) is 2.30. The summed E-state index contributed by atoms with van der Waals surface area (Å²) in [5.41, 5.74) is 6.48. The number of rotatable bonds is 3. The highest BCUT2D eigenvalue weighted by Gasteiger charge is 2.15. The normalized spacial score (nSPS) is 10.5. The van der Waals surface area contributed by atoms with E-state index in [1.54, 1.807) is 19.2 Å². The summed E-state index contributed by atoms with van der Waals surface area (Å²) >= 11 is 0. The number of aryl methyl sites for hydroxylation is 1. The van der Waals surface area contributed by atoms with Crippen LogP contribution in [0.1, 0.15) is 15.9 Å². The van der Waals surface area contributed by atoms with E-state index in [1.807, 2.05) is 42.5 Å². The first-order valence-electron chi connectivity index (χ1n) is 6.58. The van der Waals surface area contributed by atoms with Gasteiger partial charge in [-0.2, -0.15) is 0 Å². The lowest BCUT2D eigenvalue weighted by Gasteiger charge is -2.11. The maximum atomic E-state index is 11.6. The third-order valence-corrected chi connectivity index (χ3v) is 3.33. The number of carbonyl (C=O) groups is 1. The third-order valence-electron chi connectivity index (χ3n) is 3.33. The van der Waals surface area contributed by atoms with Crippen LogP contribution >= 0.6 is 0 Å². The zero-order chi connectivity index (χ0) is 14.8. The third kappa shape index (κ3) is 2.43. The Morgan fingerprint density at radius 1 is 1.10 bits per heavy atom. The van der Waals surface area contributed by atoms with E-state index in [0.29, 0.717) is 11.3 Å². The average molecular weight is 278 g/mol. The highest BCUT2D eigenvalue weighted by molar-refractivity contribution is 5.97. The summed E-state index contributed by atoms with van der Waals surface area (Å²) in [6.45, 7) is 1.80. The van der Waals surface area contributed by atoms with E-state index in [1.165, 1.54) is 0 Å². The number of carbonyl (C=O) groups excluding carboxylic acids is 1. The Hall–Kier alpha value is -2.88. The van der Waals surface area contributed by atoms with E-state index < -0.39 is 5.91 Å². The maximum absolute atomic E-state index is 11.6. The van der Waals surface area contributed by atoms with Gasteiger partial charge in [-0.25, -0.2) is 4.98 Å². The number of amides is 1. The minimum atomic E-state index is -0.546. The van der Waals surface area contributed by atoms with Crippen LogP contribution in [0.5, 0.6) is 11.6 Å². The van der Waals surface area contributed by atoms with Crippen molar-refractivity contribution in [2.45, 2.75) is 6.92 Å². The molecule has 3 aromatic rings. The minimum Gasteiger partial charge on any atom is -0.438 e. The summed E-state index contributed by atoms with van der Waals surface area (Å²) < 4.78 is 5.85. The van der Waals surface area contributed by atoms with Gasteiger partial charge < -0.3 is 10.5 Å². The summed E-state index contributed by atoms with van der Waals surface area (Å²) in [5.74, 6) is 0.336. The number of nitrogens with two attached hydrogens (primary N) is 1. The number of pyridine rings is 1. The minimum absolute atomic E-state index is 0.235. The molecule has 0 atom stereocenters. The molecule has 1 heterocycles. The lowest BCUT2D eigenvalue weighted by molar-refractivity contribution is 0.0997. The molecular formula is C17H14N2O2. The lowest BCUT2D eigenvalue weighted by atomic mass is 10.1. The number of hydrogen-bond acceptors (Lipinski definition) is 3. The molecule has 1 aromatic heterocycles. The average Bonchev–Trinajstić information content (AvgIpc) is 2.47. The summed E-state index contributed by atoms with van der Waals surface area (Å²) in [6, 6.07) is 15.3. The van der Waals surface area contributed by atoms with Gasteiger partial charge in [-0.1, -0.05) is 36.4 Å². The largest absolute Gasteiger partial charge is 0.438 e. The molecule has 0 radical (unpaired) electrons. The van der Waals surface area contributed by atoms with Crippen molar-refractivity contribution in [3.05, 3.63) is 65.9 Å². The first-order chi connectivity index (χ1) is 10.2. The van der Waals surface area contributed by atoms with Crippen LogP contribution in [-0.2, 0) is 0 Å². The van der Waals surface area contributed by atoms with Crippen molar-refractivity contribution in [3.8, 4) is 11.6 Å².